The van der Waals surface area contributed by atoms with Gasteiger partial charge in [-0.1, -0.05) is 6.07 Å². The summed E-state index contributed by atoms with van der Waals surface area (Å²) in [5.74, 6) is -3.79. The van der Waals surface area contributed by atoms with Crippen LogP contribution in [0.3, 0.4) is 0 Å². The number of benzene rings is 2. The lowest BCUT2D eigenvalue weighted by Gasteiger charge is -2.11. The largest absolute Gasteiger partial charge is 0.484 e. The van der Waals surface area contributed by atoms with Crippen molar-refractivity contribution in [2.75, 3.05) is 11.9 Å². The molecule has 0 heterocycles. The molecule has 3 N–H and O–H groups in total. The summed E-state index contributed by atoms with van der Waals surface area (Å²) < 4.78 is 43.0. The molecule has 27 heavy (non-hydrogen) atoms. The molecule has 0 saturated heterocycles. The SMILES string of the molecule is O=C(COc1cc(C(=O)O)cc(C(=O)O)c1)Nc1cccc(C(F)(F)F)c1. The zero-order valence-electron chi connectivity index (χ0n) is 13.4. The zero-order valence-corrected chi connectivity index (χ0v) is 13.4. The maximum atomic E-state index is 12.6. The van der Waals surface area contributed by atoms with Gasteiger partial charge in [0.05, 0.1) is 16.7 Å². The predicted molar refractivity (Wildman–Crippen MR) is 85.9 cm³/mol. The second-order valence-corrected chi connectivity index (χ2v) is 5.27. The van der Waals surface area contributed by atoms with E-state index in [1.165, 1.54) is 6.07 Å². The molecule has 1 amide bonds. The van der Waals surface area contributed by atoms with Gasteiger partial charge in [-0.15, -0.1) is 0 Å². The Kier molecular flexibility index (Phi) is 5.69. The number of ether oxygens (including phenoxy) is 1. The summed E-state index contributed by atoms with van der Waals surface area (Å²) in [4.78, 5) is 33.8. The molecule has 10 heteroatoms. The summed E-state index contributed by atoms with van der Waals surface area (Å²) in [5.41, 5.74) is -1.77. The van der Waals surface area contributed by atoms with Gasteiger partial charge in [-0.3, -0.25) is 4.79 Å². The van der Waals surface area contributed by atoms with Gasteiger partial charge in [0.2, 0.25) is 0 Å². The molecule has 0 aliphatic carbocycles. The maximum absolute atomic E-state index is 12.6. The molecule has 0 radical (unpaired) electrons. The second-order valence-electron chi connectivity index (χ2n) is 5.27. The first-order valence-electron chi connectivity index (χ1n) is 7.28. The molecule has 2 rings (SSSR count). The number of anilines is 1. The van der Waals surface area contributed by atoms with Crippen molar-refractivity contribution in [2.45, 2.75) is 6.18 Å². The third kappa shape index (κ3) is 5.46. The number of carboxylic acid groups (broad SMARTS) is 2. The standard InChI is InChI=1S/C17H12F3NO6/c18-17(19,20)11-2-1-3-12(7-11)21-14(22)8-27-13-5-9(15(23)24)4-10(6-13)16(25)26/h1-7H,8H2,(H,21,22)(H,23,24)(H,25,26). The highest BCUT2D eigenvalue weighted by molar-refractivity contribution is 5.95. The van der Waals surface area contributed by atoms with E-state index in [0.29, 0.717) is 0 Å². The van der Waals surface area contributed by atoms with E-state index >= 15 is 0 Å². The van der Waals surface area contributed by atoms with Crippen molar-refractivity contribution < 1.29 is 42.5 Å². The fourth-order valence-corrected chi connectivity index (χ4v) is 2.05. The van der Waals surface area contributed by atoms with Crippen molar-refractivity contribution in [3.63, 3.8) is 0 Å². The van der Waals surface area contributed by atoms with E-state index in [1.54, 1.807) is 0 Å². The molecule has 0 aromatic heterocycles. The predicted octanol–water partition coefficient (Wildman–Crippen LogP) is 3.12. The Hall–Kier alpha value is -3.56. The number of carbonyl (C=O) groups excluding carboxylic acids is 1. The Labute approximate surface area is 150 Å². The summed E-state index contributed by atoms with van der Waals surface area (Å²) >= 11 is 0. The number of aromatic carboxylic acids is 2. The third-order valence-corrected chi connectivity index (χ3v) is 3.24. The van der Waals surface area contributed by atoms with E-state index in [9.17, 15) is 27.6 Å². The Morgan fingerprint density at radius 1 is 0.963 bits per heavy atom. The molecule has 7 nitrogen and oxygen atoms in total. The Bertz CT molecular complexity index is 862. The number of amides is 1. The van der Waals surface area contributed by atoms with Crippen molar-refractivity contribution in [3.8, 4) is 5.75 Å². The van der Waals surface area contributed by atoms with Gasteiger partial charge in [-0.05, 0) is 36.4 Å². The van der Waals surface area contributed by atoms with Crippen molar-refractivity contribution in [2.24, 2.45) is 0 Å². The number of alkyl halides is 3. The molecule has 0 bridgehead atoms. The topological polar surface area (TPSA) is 113 Å². The molecule has 142 valence electrons. The van der Waals surface area contributed by atoms with Crippen LogP contribution in [0.1, 0.15) is 26.3 Å². The van der Waals surface area contributed by atoms with Crippen LogP contribution in [0.4, 0.5) is 18.9 Å². The average Bonchev–Trinajstić information content (AvgIpc) is 2.59. The quantitative estimate of drug-likeness (QED) is 0.707. The molecule has 2 aromatic rings. The Balaban J connectivity index is 2.08. The van der Waals surface area contributed by atoms with E-state index in [-0.39, 0.29) is 22.6 Å². The summed E-state index contributed by atoms with van der Waals surface area (Å²) in [6, 6.07) is 6.91. The molecule has 2 aromatic carbocycles. The summed E-state index contributed by atoms with van der Waals surface area (Å²) in [5, 5.41) is 20.1. The number of hydrogen-bond donors (Lipinski definition) is 3. The van der Waals surface area contributed by atoms with Crippen molar-refractivity contribution in [1.29, 1.82) is 0 Å². The molecule has 0 atom stereocenters. The average molecular weight is 383 g/mol. The molecule has 0 aliphatic heterocycles. The van der Waals surface area contributed by atoms with E-state index < -0.39 is 36.2 Å². The minimum atomic E-state index is -4.57. The third-order valence-electron chi connectivity index (χ3n) is 3.24. The van der Waals surface area contributed by atoms with Crippen molar-refractivity contribution in [1.82, 2.24) is 0 Å². The fourth-order valence-electron chi connectivity index (χ4n) is 2.05. The lowest BCUT2D eigenvalue weighted by molar-refractivity contribution is -0.137. The van der Waals surface area contributed by atoms with Crippen LogP contribution in [-0.4, -0.2) is 34.7 Å². The molecule has 0 spiro atoms. The number of hydrogen-bond acceptors (Lipinski definition) is 4. The number of nitrogens with one attached hydrogen (secondary N) is 1. The molecule has 0 fully saturated rings. The maximum Gasteiger partial charge on any atom is 0.416 e. The highest BCUT2D eigenvalue weighted by atomic mass is 19.4. The van der Waals surface area contributed by atoms with E-state index in [2.05, 4.69) is 5.32 Å². The van der Waals surface area contributed by atoms with Crippen LogP contribution in [0.5, 0.6) is 5.75 Å². The van der Waals surface area contributed by atoms with Gasteiger partial charge in [0.25, 0.3) is 5.91 Å². The monoisotopic (exact) mass is 383 g/mol. The van der Waals surface area contributed by atoms with Gasteiger partial charge < -0.3 is 20.3 Å². The molecule has 0 aliphatic rings. The van der Waals surface area contributed by atoms with Gasteiger partial charge in [-0.2, -0.15) is 13.2 Å². The van der Waals surface area contributed by atoms with Gasteiger partial charge in [0.15, 0.2) is 6.61 Å². The number of rotatable bonds is 6. The van der Waals surface area contributed by atoms with Crippen molar-refractivity contribution >= 4 is 23.5 Å². The number of halogens is 3. The van der Waals surface area contributed by atoms with Gasteiger partial charge in [0.1, 0.15) is 5.75 Å². The fraction of sp³-hybridized carbons (Fsp3) is 0.118. The molecular weight excluding hydrogens is 371 g/mol. The number of carbonyl (C=O) groups is 3. The normalized spacial score (nSPS) is 10.9. The van der Waals surface area contributed by atoms with Gasteiger partial charge in [0, 0.05) is 5.69 Å². The van der Waals surface area contributed by atoms with Crippen LogP contribution >= 0.6 is 0 Å². The zero-order chi connectivity index (χ0) is 20.2. The molecular formula is C17H12F3NO6. The first kappa shape index (κ1) is 19.8. The summed E-state index contributed by atoms with van der Waals surface area (Å²) in [7, 11) is 0. The summed E-state index contributed by atoms with van der Waals surface area (Å²) in [6.07, 6.45) is -4.57. The first-order chi connectivity index (χ1) is 12.6. The van der Waals surface area contributed by atoms with Crippen LogP contribution in [0.2, 0.25) is 0 Å². The van der Waals surface area contributed by atoms with Crippen LogP contribution < -0.4 is 10.1 Å². The van der Waals surface area contributed by atoms with Crippen molar-refractivity contribution in [3.05, 3.63) is 59.2 Å². The highest BCUT2D eigenvalue weighted by Gasteiger charge is 2.30. The van der Waals surface area contributed by atoms with Crippen LogP contribution in [0, 0.1) is 0 Å². The van der Waals surface area contributed by atoms with E-state index in [4.69, 9.17) is 14.9 Å². The second kappa shape index (κ2) is 7.77. The Morgan fingerprint density at radius 3 is 2.07 bits per heavy atom. The van der Waals surface area contributed by atoms with E-state index in [1.807, 2.05) is 0 Å². The van der Waals surface area contributed by atoms with E-state index in [0.717, 1.165) is 36.4 Å². The van der Waals surface area contributed by atoms with Crippen LogP contribution in [0.15, 0.2) is 42.5 Å². The summed E-state index contributed by atoms with van der Waals surface area (Å²) in [6.45, 7) is -0.668. The van der Waals surface area contributed by atoms with Gasteiger partial charge >= 0.3 is 18.1 Å². The smallest absolute Gasteiger partial charge is 0.416 e. The molecule has 0 unspecified atom stereocenters. The minimum absolute atomic E-state index is 0.107. The lowest BCUT2D eigenvalue weighted by atomic mass is 10.1. The van der Waals surface area contributed by atoms with Crippen LogP contribution in [-0.2, 0) is 11.0 Å². The number of carboxylic acids is 2. The van der Waals surface area contributed by atoms with Crippen LogP contribution in [0.25, 0.3) is 0 Å². The van der Waals surface area contributed by atoms with Gasteiger partial charge in [-0.25, -0.2) is 9.59 Å². The first-order valence-corrected chi connectivity index (χ1v) is 7.28. The Morgan fingerprint density at radius 2 is 1.56 bits per heavy atom. The molecule has 0 saturated carbocycles. The highest BCUT2D eigenvalue weighted by Crippen LogP contribution is 2.30. The lowest BCUT2D eigenvalue weighted by Crippen LogP contribution is -2.20. The minimum Gasteiger partial charge on any atom is -0.484 e.